The number of hydrogen-bond acceptors (Lipinski definition) is 11. The molecule has 2 aliphatic rings. The summed E-state index contributed by atoms with van der Waals surface area (Å²) in [6.45, 7) is 7.63. The minimum atomic E-state index is -2.90. The molecule has 15 heteroatoms. The molecule has 2 amide bonds. The first-order valence-electron chi connectivity index (χ1n) is 12.3. The number of morpholine rings is 1. The van der Waals surface area contributed by atoms with Gasteiger partial charge >= 0.3 is 0 Å². The lowest BCUT2D eigenvalue weighted by molar-refractivity contribution is -0.131. The summed E-state index contributed by atoms with van der Waals surface area (Å²) in [5, 5.41) is 2.65. The molecule has 0 saturated carbocycles. The maximum atomic E-state index is 13.8. The Hall–Kier alpha value is -4.01. The van der Waals surface area contributed by atoms with Crippen molar-refractivity contribution in [2.75, 3.05) is 74.6 Å². The van der Waals surface area contributed by atoms with Crippen molar-refractivity contribution >= 4 is 29.7 Å². The molecular weight excluding hydrogens is 502 g/mol. The highest BCUT2D eigenvalue weighted by molar-refractivity contribution is 5.86. The van der Waals surface area contributed by atoms with Crippen molar-refractivity contribution in [3.8, 4) is 11.4 Å². The van der Waals surface area contributed by atoms with E-state index in [9.17, 15) is 18.4 Å². The van der Waals surface area contributed by atoms with Gasteiger partial charge in [0.15, 0.2) is 5.82 Å². The number of anilines is 3. The normalized spacial score (nSPS) is 16.0. The van der Waals surface area contributed by atoms with Crippen LogP contribution in [0.2, 0.25) is 0 Å². The molecule has 0 aliphatic carbocycles. The SMILES string of the molecule is C=CC(=O)NCCCC(=O)N1CCN(c2nc(-c3cnc(N)nc3C(F)F)nc(N3CCOCC3)n2)CC1. The maximum Gasteiger partial charge on any atom is 0.281 e. The molecule has 204 valence electrons. The van der Waals surface area contributed by atoms with Gasteiger partial charge in [0.2, 0.25) is 29.7 Å². The Bertz CT molecular complexity index is 1150. The number of hydrogen-bond donors (Lipinski definition) is 2. The summed E-state index contributed by atoms with van der Waals surface area (Å²) in [5.74, 6) is 0.120. The Labute approximate surface area is 218 Å². The Morgan fingerprint density at radius 2 is 1.71 bits per heavy atom. The number of nitrogens with two attached hydrogens (primary N) is 1. The van der Waals surface area contributed by atoms with E-state index in [1.54, 1.807) is 4.90 Å². The van der Waals surface area contributed by atoms with Gasteiger partial charge in [-0.1, -0.05) is 6.58 Å². The van der Waals surface area contributed by atoms with Gasteiger partial charge in [0.25, 0.3) is 6.43 Å². The highest BCUT2D eigenvalue weighted by Crippen LogP contribution is 2.30. The molecule has 0 atom stereocenters. The fourth-order valence-electron chi connectivity index (χ4n) is 4.11. The van der Waals surface area contributed by atoms with Crippen LogP contribution in [-0.2, 0) is 14.3 Å². The fourth-order valence-corrected chi connectivity index (χ4v) is 4.11. The zero-order valence-corrected chi connectivity index (χ0v) is 20.9. The van der Waals surface area contributed by atoms with Crippen molar-refractivity contribution in [3.05, 3.63) is 24.5 Å². The van der Waals surface area contributed by atoms with Crippen LogP contribution in [-0.4, -0.2) is 101 Å². The topological polar surface area (TPSA) is 156 Å². The number of nitrogen functional groups attached to an aromatic ring is 1. The molecule has 0 bridgehead atoms. The van der Waals surface area contributed by atoms with Crippen LogP contribution in [0.5, 0.6) is 0 Å². The Morgan fingerprint density at radius 1 is 1.05 bits per heavy atom. The van der Waals surface area contributed by atoms with E-state index in [1.165, 1.54) is 12.3 Å². The molecule has 13 nitrogen and oxygen atoms in total. The van der Waals surface area contributed by atoms with Crippen LogP contribution < -0.4 is 20.9 Å². The van der Waals surface area contributed by atoms with Crippen LogP contribution in [0.3, 0.4) is 0 Å². The first-order chi connectivity index (χ1) is 18.4. The summed E-state index contributed by atoms with van der Waals surface area (Å²) in [7, 11) is 0. The van der Waals surface area contributed by atoms with E-state index in [-0.39, 0.29) is 29.2 Å². The average molecular weight is 533 g/mol. The van der Waals surface area contributed by atoms with Crippen LogP contribution >= 0.6 is 0 Å². The molecule has 2 saturated heterocycles. The lowest BCUT2D eigenvalue weighted by atomic mass is 10.2. The number of aromatic nitrogens is 5. The highest BCUT2D eigenvalue weighted by Gasteiger charge is 2.27. The Morgan fingerprint density at radius 3 is 2.34 bits per heavy atom. The molecule has 2 aromatic rings. The molecule has 0 radical (unpaired) electrons. The number of alkyl halides is 2. The van der Waals surface area contributed by atoms with Crippen LogP contribution in [0.15, 0.2) is 18.9 Å². The molecule has 0 aromatic carbocycles. The summed E-state index contributed by atoms with van der Waals surface area (Å²) in [4.78, 5) is 50.5. The summed E-state index contributed by atoms with van der Waals surface area (Å²) >= 11 is 0. The summed E-state index contributed by atoms with van der Waals surface area (Å²) in [6.07, 6.45) is 0.311. The molecule has 0 spiro atoms. The van der Waals surface area contributed by atoms with E-state index in [4.69, 9.17) is 10.5 Å². The lowest BCUT2D eigenvalue weighted by Gasteiger charge is -2.35. The molecule has 3 N–H and O–H groups in total. The summed E-state index contributed by atoms with van der Waals surface area (Å²) < 4.78 is 33.0. The Balaban J connectivity index is 1.50. The number of ether oxygens (including phenoxy) is 1. The number of nitrogens with zero attached hydrogens (tertiary/aromatic N) is 8. The van der Waals surface area contributed by atoms with Gasteiger partial charge in [0, 0.05) is 58.4 Å². The van der Waals surface area contributed by atoms with Crippen LogP contribution in [0.25, 0.3) is 11.4 Å². The molecule has 38 heavy (non-hydrogen) atoms. The van der Waals surface area contributed by atoms with Crippen molar-refractivity contribution in [1.82, 2.24) is 35.1 Å². The second-order valence-electron chi connectivity index (χ2n) is 8.65. The quantitative estimate of drug-likeness (QED) is 0.341. The van der Waals surface area contributed by atoms with Crippen molar-refractivity contribution in [2.45, 2.75) is 19.3 Å². The van der Waals surface area contributed by atoms with E-state index in [0.29, 0.717) is 83.8 Å². The smallest absolute Gasteiger partial charge is 0.281 e. The van der Waals surface area contributed by atoms with E-state index in [1.807, 2.05) is 9.80 Å². The third kappa shape index (κ3) is 6.65. The minimum absolute atomic E-state index is 0.0107. The second kappa shape index (κ2) is 12.5. The number of rotatable bonds is 9. The summed E-state index contributed by atoms with van der Waals surface area (Å²) in [5.41, 5.74) is 4.96. The summed E-state index contributed by atoms with van der Waals surface area (Å²) in [6, 6.07) is 0. The average Bonchev–Trinajstić information content (AvgIpc) is 2.95. The second-order valence-corrected chi connectivity index (χ2v) is 8.65. The predicted octanol–water partition coefficient (Wildman–Crippen LogP) is 0.416. The maximum absolute atomic E-state index is 13.8. The van der Waals surface area contributed by atoms with E-state index >= 15 is 0 Å². The largest absolute Gasteiger partial charge is 0.378 e. The zero-order valence-electron chi connectivity index (χ0n) is 20.9. The zero-order chi connectivity index (χ0) is 27.1. The predicted molar refractivity (Wildman–Crippen MR) is 134 cm³/mol. The van der Waals surface area contributed by atoms with Crippen molar-refractivity contribution in [2.24, 2.45) is 0 Å². The molecule has 2 fully saturated rings. The first kappa shape index (κ1) is 27.0. The monoisotopic (exact) mass is 532 g/mol. The van der Waals surface area contributed by atoms with Gasteiger partial charge in [-0.25, -0.2) is 18.7 Å². The van der Waals surface area contributed by atoms with E-state index in [2.05, 4.69) is 36.8 Å². The number of carbonyl (C=O) groups excluding carboxylic acids is 2. The van der Waals surface area contributed by atoms with Crippen LogP contribution in [0, 0.1) is 0 Å². The third-order valence-electron chi connectivity index (χ3n) is 6.16. The van der Waals surface area contributed by atoms with Gasteiger partial charge in [-0.3, -0.25) is 9.59 Å². The molecule has 4 rings (SSSR count). The van der Waals surface area contributed by atoms with Gasteiger partial charge in [0.05, 0.1) is 18.8 Å². The Kier molecular flexibility index (Phi) is 8.89. The van der Waals surface area contributed by atoms with Gasteiger partial charge < -0.3 is 30.5 Å². The highest BCUT2D eigenvalue weighted by atomic mass is 19.3. The van der Waals surface area contributed by atoms with Gasteiger partial charge in [0.1, 0.15) is 5.69 Å². The molecule has 4 heterocycles. The molecule has 0 unspecified atom stereocenters. The van der Waals surface area contributed by atoms with Crippen LogP contribution in [0.4, 0.5) is 26.6 Å². The minimum Gasteiger partial charge on any atom is -0.378 e. The lowest BCUT2D eigenvalue weighted by Crippen LogP contribution is -2.49. The van der Waals surface area contributed by atoms with Crippen LogP contribution in [0.1, 0.15) is 25.0 Å². The third-order valence-corrected chi connectivity index (χ3v) is 6.16. The fraction of sp³-hybridized carbons (Fsp3) is 0.522. The van der Waals surface area contributed by atoms with E-state index in [0.717, 1.165) is 0 Å². The van der Waals surface area contributed by atoms with Gasteiger partial charge in [-0.15, -0.1) is 0 Å². The van der Waals surface area contributed by atoms with Crippen molar-refractivity contribution in [3.63, 3.8) is 0 Å². The van der Waals surface area contributed by atoms with E-state index < -0.39 is 12.1 Å². The molecular formula is C23H30F2N10O3. The standard InChI is InChI=1S/C23H30F2N10O3/c1-2-16(36)27-5-3-4-17(37)33-6-8-34(9-7-33)22-30-20(15-14-28-21(26)29-18(15)19(24)25)31-23(32-22)35-10-12-38-13-11-35/h2,14,19H,1,3-13H2,(H,27,36)(H2,26,28,29). The number of nitrogens with one attached hydrogen (secondary N) is 1. The number of halogens is 2. The number of piperazine rings is 1. The molecule has 2 aromatic heterocycles. The van der Waals surface area contributed by atoms with Crippen molar-refractivity contribution in [1.29, 1.82) is 0 Å². The van der Waals surface area contributed by atoms with Gasteiger partial charge in [-0.05, 0) is 12.5 Å². The molecule has 2 aliphatic heterocycles. The number of amides is 2. The first-order valence-corrected chi connectivity index (χ1v) is 12.3. The number of carbonyl (C=O) groups is 2. The van der Waals surface area contributed by atoms with Crippen molar-refractivity contribution < 1.29 is 23.1 Å². The van der Waals surface area contributed by atoms with Gasteiger partial charge in [-0.2, -0.15) is 15.0 Å².